The fourth-order valence-electron chi connectivity index (χ4n) is 3.92. The van der Waals surface area contributed by atoms with Gasteiger partial charge in [0.2, 0.25) is 0 Å². The molecule has 35 heavy (non-hydrogen) atoms. The van der Waals surface area contributed by atoms with Crippen LogP contribution in [0.15, 0.2) is 57.5 Å². The van der Waals surface area contributed by atoms with Crippen LogP contribution in [0.2, 0.25) is 5.02 Å². The van der Waals surface area contributed by atoms with E-state index < -0.39 is 17.6 Å². The number of carbonyl (C=O) groups excluding carboxylic acids is 1. The Balaban J connectivity index is 2.04. The highest BCUT2D eigenvalue weighted by molar-refractivity contribution is 7.07. The molecule has 1 aliphatic rings. The van der Waals surface area contributed by atoms with Crippen molar-refractivity contribution in [1.29, 1.82) is 0 Å². The zero-order chi connectivity index (χ0) is 25.3. The average molecular weight is 515 g/mol. The van der Waals surface area contributed by atoms with Gasteiger partial charge in [-0.25, -0.2) is 9.79 Å². The van der Waals surface area contributed by atoms with Crippen LogP contribution in [0.5, 0.6) is 17.2 Å². The van der Waals surface area contributed by atoms with Gasteiger partial charge in [0.1, 0.15) is 23.3 Å². The SMILES string of the molecule is CCOC(=O)C1=C(C)N=c2s/c(=C/c3cc(Cl)ccc3O)c(=O)n2[C@@H]1c1cc(OC)ccc1OC. The first-order valence-corrected chi connectivity index (χ1v) is 11.9. The molecule has 0 unspecified atom stereocenters. The second kappa shape index (κ2) is 9.97. The van der Waals surface area contributed by atoms with Crippen molar-refractivity contribution in [3.63, 3.8) is 0 Å². The van der Waals surface area contributed by atoms with E-state index in [4.69, 9.17) is 25.8 Å². The van der Waals surface area contributed by atoms with Crippen LogP contribution in [-0.2, 0) is 9.53 Å². The number of aromatic hydroxyl groups is 1. The van der Waals surface area contributed by atoms with E-state index in [1.54, 1.807) is 50.3 Å². The number of ether oxygens (including phenoxy) is 3. The number of fused-ring (bicyclic) bond motifs is 1. The first-order valence-electron chi connectivity index (χ1n) is 10.7. The van der Waals surface area contributed by atoms with Gasteiger partial charge in [0, 0.05) is 16.1 Å². The third kappa shape index (κ3) is 4.56. The molecular formula is C25H23ClN2O6S. The molecule has 0 radical (unpaired) electrons. The molecule has 1 aliphatic heterocycles. The van der Waals surface area contributed by atoms with E-state index >= 15 is 0 Å². The lowest BCUT2D eigenvalue weighted by Crippen LogP contribution is -2.40. The van der Waals surface area contributed by atoms with Gasteiger partial charge in [-0.2, -0.15) is 0 Å². The van der Waals surface area contributed by atoms with E-state index in [2.05, 4.69) is 4.99 Å². The molecule has 0 saturated heterocycles. The average Bonchev–Trinajstić information content (AvgIpc) is 3.14. The normalized spacial score (nSPS) is 15.5. The summed E-state index contributed by atoms with van der Waals surface area (Å²) in [7, 11) is 3.04. The van der Waals surface area contributed by atoms with Gasteiger partial charge in [-0.3, -0.25) is 9.36 Å². The molecule has 2 heterocycles. The van der Waals surface area contributed by atoms with Crippen LogP contribution in [0.4, 0.5) is 0 Å². The summed E-state index contributed by atoms with van der Waals surface area (Å²) in [6.07, 6.45) is 1.55. The van der Waals surface area contributed by atoms with Crippen LogP contribution in [0, 0.1) is 0 Å². The van der Waals surface area contributed by atoms with Crippen LogP contribution < -0.4 is 24.4 Å². The first kappa shape index (κ1) is 24.6. The van der Waals surface area contributed by atoms with Gasteiger partial charge < -0.3 is 19.3 Å². The minimum atomic E-state index is -0.870. The van der Waals surface area contributed by atoms with Gasteiger partial charge in [0.15, 0.2) is 4.80 Å². The molecule has 1 N–H and O–H groups in total. The molecule has 0 spiro atoms. The fourth-order valence-corrected chi connectivity index (χ4v) is 5.14. The Morgan fingerprint density at radius 2 is 2.00 bits per heavy atom. The monoisotopic (exact) mass is 514 g/mol. The minimum absolute atomic E-state index is 0.0188. The lowest BCUT2D eigenvalue weighted by atomic mass is 9.94. The number of hydrogen-bond acceptors (Lipinski definition) is 8. The van der Waals surface area contributed by atoms with Gasteiger partial charge >= 0.3 is 5.97 Å². The number of allylic oxidation sites excluding steroid dienone is 1. The molecule has 3 aromatic rings. The molecule has 1 aromatic heterocycles. The van der Waals surface area contributed by atoms with E-state index in [1.165, 1.54) is 24.9 Å². The van der Waals surface area contributed by atoms with Crippen molar-refractivity contribution in [3.8, 4) is 17.2 Å². The Bertz CT molecular complexity index is 1520. The number of methoxy groups -OCH3 is 2. The number of phenolic OH excluding ortho intramolecular Hbond substituents is 1. The van der Waals surface area contributed by atoms with E-state index in [0.29, 0.717) is 42.7 Å². The third-order valence-electron chi connectivity index (χ3n) is 5.52. The number of benzene rings is 2. The van der Waals surface area contributed by atoms with Gasteiger partial charge in [0.05, 0.1) is 36.6 Å². The maximum Gasteiger partial charge on any atom is 0.338 e. The van der Waals surface area contributed by atoms with Gasteiger partial charge in [-0.1, -0.05) is 22.9 Å². The maximum atomic E-state index is 13.7. The van der Waals surface area contributed by atoms with Crippen LogP contribution in [0.25, 0.3) is 6.08 Å². The third-order valence-corrected chi connectivity index (χ3v) is 6.74. The Hall–Kier alpha value is -3.56. The predicted octanol–water partition coefficient (Wildman–Crippen LogP) is 3.17. The quantitative estimate of drug-likeness (QED) is 0.507. The molecule has 182 valence electrons. The van der Waals surface area contributed by atoms with Crippen LogP contribution >= 0.6 is 22.9 Å². The zero-order valence-electron chi connectivity index (χ0n) is 19.5. The molecule has 0 aliphatic carbocycles. The summed E-state index contributed by atoms with van der Waals surface area (Å²) in [5.74, 6) is 0.402. The summed E-state index contributed by atoms with van der Waals surface area (Å²) in [6.45, 7) is 3.57. The van der Waals surface area contributed by atoms with E-state index in [-0.39, 0.29) is 17.9 Å². The molecule has 8 nitrogen and oxygen atoms in total. The topological polar surface area (TPSA) is 99.4 Å². The Kier molecular flexibility index (Phi) is 7.00. The number of phenols is 1. The zero-order valence-corrected chi connectivity index (χ0v) is 21.1. The number of thiazole rings is 1. The number of carbonyl (C=O) groups is 1. The van der Waals surface area contributed by atoms with E-state index in [0.717, 1.165) is 11.3 Å². The summed E-state index contributed by atoms with van der Waals surface area (Å²) in [5.41, 5.74) is 1.19. The summed E-state index contributed by atoms with van der Waals surface area (Å²) in [4.78, 5) is 31.7. The molecule has 10 heteroatoms. The highest BCUT2D eigenvalue weighted by atomic mass is 35.5. The predicted molar refractivity (Wildman–Crippen MR) is 133 cm³/mol. The summed E-state index contributed by atoms with van der Waals surface area (Å²) in [5, 5.41) is 10.7. The summed E-state index contributed by atoms with van der Waals surface area (Å²) in [6, 6.07) is 8.87. The van der Waals surface area contributed by atoms with Crippen molar-refractivity contribution in [3.05, 3.63) is 83.5 Å². The highest BCUT2D eigenvalue weighted by Crippen LogP contribution is 2.37. The number of hydrogen-bond donors (Lipinski definition) is 1. The van der Waals surface area contributed by atoms with Gasteiger partial charge in [-0.15, -0.1) is 0 Å². The maximum absolute atomic E-state index is 13.7. The van der Waals surface area contributed by atoms with Crippen LogP contribution in [0.3, 0.4) is 0 Å². The molecule has 2 aromatic carbocycles. The van der Waals surface area contributed by atoms with Crippen molar-refractivity contribution < 1.29 is 24.1 Å². The van der Waals surface area contributed by atoms with Gasteiger partial charge in [-0.05, 0) is 56.3 Å². The Labute approximate surface area is 210 Å². The van der Waals surface area contributed by atoms with E-state index in [9.17, 15) is 14.7 Å². The molecule has 4 rings (SSSR count). The Morgan fingerprint density at radius 1 is 1.23 bits per heavy atom. The van der Waals surface area contributed by atoms with Crippen molar-refractivity contribution in [2.24, 2.45) is 4.99 Å². The molecule has 0 bridgehead atoms. The largest absolute Gasteiger partial charge is 0.507 e. The van der Waals surface area contributed by atoms with E-state index in [1.807, 2.05) is 0 Å². The summed E-state index contributed by atoms with van der Waals surface area (Å²) < 4.78 is 18.1. The lowest BCUT2D eigenvalue weighted by Gasteiger charge is -2.26. The Morgan fingerprint density at radius 3 is 2.69 bits per heavy atom. The van der Waals surface area contributed by atoms with Crippen molar-refractivity contribution in [1.82, 2.24) is 4.57 Å². The molecular weight excluding hydrogens is 492 g/mol. The van der Waals surface area contributed by atoms with Crippen molar-refractivity contribution in [2.75, 3.05) is 20.8 Å². The first-order chi connectivity index (χ1) is 16.8. The standard InChI is InChI=1S/C25H23ClN2O6S/c1-5-34-24(31)21-13(2)27-25-28(22(21)17-12-16(32-3)7-9-19(17)33-4)23(30)20(35-25)11-14-10-15(26)6-8-18(14)29/h6-12,22,29H,5H2,1-4H3/b20-11+/t22-/m1/s1. The highest BCUT2D eigenvalue weighted by Gasteiger charge is 2.35. The fraction of sp³-hybridized carbons (Fsp3) is 0.240. The summed E-state index contributed by atoms with van der Waals surface area (Å²) >= 11 is 7.22. The number of rotatable bonds is 6. The number of halogens is 1. The molecule has 0 amide bonds. The minimum Gasteiger partial charge on any atom is -0.507 e. The van der Waals surface area contributed by atoms with Crippen LogP contribution in [0.1, 0.15) is 31.0 Å². The molecule has 0 fully saturated rings. The lowest BCUT2D eigenvalue weighted by molar-refractivity contribution is -0.139. The molecule has 1 atom stereocenters. The van der Waals surface area contributed by atoms with Crippen molar-refractivity contribution >= 4 is 35.0 Å². The second-order valence-electron chi connectivity index (χ2n) is 7.61. The molecule has 0 saturated carbocycles. The van der Waals surface area contributed by atoms with Gasteiger partial charge in [0.25, 0.3) is 5.56 Å². The van der Waals surface area contributed by atoms with Crippen LogP contribution in [-0.4, -0.2) is 36.5 Å². The second-order valence-corrected chi connectivity index (χ2v) is 9.06. The van der Waals surface area contributed by atoms with Crippen molar-refractivity contribution in [2.45, 2.75) is 19.9 Å². The smallest absolute Gasteiger partial charge is 0.338 e. The number of esters is 1. The number of nitrogens with zero attached hydrogens (tertiary/aromatic N) is 2. The number of aromatic nitrogens is 1.